The summed E-state index contributed by atoms with van der Waals surface area (Å²) in [7, 11) is 1.72. The summed E-state index contributed by atoms with van der Waals surface area (Å²) < 4.78 is 0. The quantitative estimate of drug-likeness (QED) is 0.888. The average molecular weight is 273 g/mol. The summed E-state index contributed by atoms with van der Waals surface area (Å²) in [5, 5.41) is 6.88. The summed E-state index contributed by atoms with van der Waals surface area (Å²) >= 11 is 0. The van der Waals surface area contributed by atoms with Crippen molar-refractivity contribution in [3.05, 3.63) is 41.5 Å². The van der Waals surface area contributed by atoms with Gasteiger partial charge in [0.1, 0.15) is 0 Å². The summed E-state index contributed by atoms with van der Waals surface area (Å²) in [6.45, 7) is 4.46. The number of anilines is 1. The lowest BCUT2D eigenvalue weighted by Gasteiger charge is -2.16. The van der Waals surface area contributed by atoms with Crippen LogP contribution in [0, 0.1) is 0 Å². The Hall–Kier alpha value is -2.37. The number of nitrogens with two attached hydrogens (primary N) is 1. The van der Waals surface area contributed by atoms with Crippen molar-refractivity contribution >= 4 is 11.6 Å². The number of rotatable bonds is 4. The van der Waals surface area contributed by atoms with Crippen molar-refractivity contribution in [3.8, 4) is 0 Å². The van der Waals surface area contributed by atoms with Gasteiger partial charge in [0, 0.05) is 26.0 Å². The molecule has 2 aromatic rings. The molecule has 0 aliphatic heterocycles. The van der Waals surface area contributed by atoms with Crippen molar-refractivity contribution in [1.29, 1.82) is 0 Å². The molecule has 0 aliphatic carbocycles. The molecular formula is C14H19N5O. The van der Waals surface area contributed by atoms with Gasteiger partial charge in [0.25, 0.3) is 5.91 Å². The number of nitrogens with zero attached hydrogens (tertiary/aromatic N) is 3. The smallest absolute Gasteiger partial charge is 0.276 e. The van der Waals surface area contributed by atoms with E-state index in [0.717, 1.165) is 11.3 Å². The lowest BCUT2D eigenvalue weighted by Crippen LogP contribution is -2.27. The Bertz CT molecular complexity index is 591. The summed E-state index contributed by atoms with van der Waals surface area (Å²) in [6, 6.07) is 3.76. The predicted octanol–water partition coefficient (Wildman–Crippen LogP) is 1.78. The third kappa shape index (κ3) is 2.79. The highest BCUT2D eigenvalue weighted by molar-refractivity contribution is 5.97. The van der Waals surface area contributed by atoms with Crippen LogP contribution in [-0.2, 0) is 6.54 Å². The molecule has 2 rings (SSSR count). The highest BCUT2D eigenvalue weighted by atomic mass is 16.2. The number of pyridine rings is 1. The van der Waals surface area contributed by atoms with Crippen LogP contribution in [0.15, 0.2) is 24.5 Å². The molecule has 2 heterocycles. The van der Waals surface area contributed by atoms with Gasteiger partial charge in [-0.05, 0) is 17.5 Å². The molecule has 0 fully saturated rings. The molecule has 6 nitrogen and oxygen atoms in total. The average Bonchev–Trinajstić information content (AvgIpc) is 2.81. The molecular weight excluding hydrogens is 254 g/mol. The number of aromatic amines is 1. The fourth-order valence-corrected chi connectivity index (χ4v) is 1.99. The monoisotopic (exact) mass is 273 g/mol. The number of carbonyl (C=O) groups is 1. The first-order valence-corrected chi connectivity index (χ1v) is 6.48. The number of nitrogen functional groups attached to an aromatic ring is 1. The van der Waals surface area contributed by atoms with Crippen LogP contribution in [0.1, 0.15) is 41.5 Å². The minimum Gasteiger partial charge on any atom is -0.395 e. The van der Waals surface area contributed by atoms with E-state index < -0.39 is 0 Å². The molecule has 0 saturated carbocycles. The third-order valence-corrected chi connectivity index (χ3v) is 3.10. The van der Waals surface area contributed by atoms with Crippen molar-refractivity contribution in [1.82, 2.24) is 20.1 Å². The van der Waals surface area contributed by atoms with Gasteiger partial charge >= 0.3 is 0 Å². The molecule has 2 aromatic heterocycles. The Morgan fingerprint density at radius 1 is 1.50 bits per heavy atom. The Balaban J connectivity index is 2.15. The summed E-state index contributed by atoms with van der Waals surface area (Å²) in [4.78, 5) is 18.0. The molecule has 3 N–H and O–H groups in total. The van der Waals surface area contributed by atoms with E-state index in [1.165, 1.54) is 0 Å². The summed E-state index contributed by atoms with van der Waals surface area (Å²) in [5.41, 5.74) is 8.45. The van der Waals surface area contributed by atoms with E-state index in [2.05, 4.69) is 15.2 Å². The number of hydrogen-bond acceptors (Lipinski definition) is 4. The molecule has 0 unspecified atom stereocenters. The minimum atomic E-state index is -0.200. The van der Waals surface area contributed by atoms with Gasteiger partial charge < -0.3 is 10.6 Å². The van der Waals surface area contributed by atoms with Gasteiger partial charge in [-0.3, -0.25) is 14.9 Å². The van der Waals surface area contributed by atoms with Crippen LogP contribution in [0.3, 0.4) is 0 Å². The van der Waals surface area contributed by atoms with Crippen LogP contribution in [0.25, 0.3) is 0 Å². The number of amides is 1. The molecule has 0 atom stereocenters. The molecule has 1 amide bonds. The molecule has 0 saturated heterocycles. The third-order valence-electron chi connectivity index (χ3n) is 3.10. The van der Waals surface area contributed by atoms with Crippen molar-refractivity contribution in [2.24, 2.45) is 0 Å². The zero-order valence-corrected chi connectivity index (χ0v) is 11.9. The molecule has 0 bridgehead atoms. The Kier molecular flexibility index (Phi) is 4.02. The Morgan fingerprint density at radius 2 is 2.25 bits per heavy atom. The molecule has 0 spiro atoms. The zero-order chi connectivity index (χ0) is 14.7. The Labute approximate surface area is 118 Å². The zero-order valence-electron chi connectivity index (χ0n) is 11.9. The van der Waals surface area contributed by atoms with Gasteiger partial charge in [0.15, 0.2) is 5.69 Å². The first kappa shape index (κ1) is 14.0. The van der Waals surface area contributed by atoms with Crippen molar-refractivity contribution in [2.75, 3.05) is 12.8 Å². The fraction of sp³-hybridized carbons (Fsp3) is 0.357. The first-order chi connectivity index (χ1) is 9.50. The van der Waals surface area contributed by atoms with Crippen LogP contribution >= 0.6 is 0 Å². The van der Waals surface area contributed by atoms with Gasteiger partial charge in [0.2, 0.25) is 0 Å². The van der Waals surface area contributed by atoms with Crippen molar-refractivity contribution in [2.45, 2.75) is 26.3 Å². The van der Waals surface area contributed by atoms with Gasteiger partial charge in [0.05, 0.1) is 11.4 Å². The fourth-order valence-electron chi connectivity index (χ4n) is 1.99. The van der Waals surface area contributed by atoms with Crippen LogP contribution in [-0.4, -0.2) is 33.0 Å². The van der Waals surface area contributed by atoms with E-state index in [4.69, 9.17) is 5.73 Å². The number of aromatic nitrogens is 3. The minimum absolute atomic E-state index is 0.200. The lowest BCUT2D eigenvalue weighted by molar-refractivity contribution is 0.0780. The SMILES string of the molecule is CC(C)c1[nH]nc(C(=O)N(C)Cc2cccnc2)c1N. The van der Waals surface area contributed by atoms with E-state index in [1.54, 1.807) is 24.3 Å². The second-order valence-corrected chi connectivity index (χ2v) is 5.08. The summed E-state index contributed by atoms with van der Waals surface area (Å²) in [6.07, 6.45) is 3.43. The van der Waals surface area contributed by atoms with E-state index in [0.29, 0.717) is 12.2 Å². The largest absolute Gasteiger partial charge is 0.395 e. The summed E-state index contributed by atoms with van der Waals surface area (Å²) in [5.74, 6) is 0.00202. The van der Waals surface area contributed by atoms with E-state index in [1.807, 2.05) is 26.0 Å². The van der Waals surface area contributed by atoms with E-state index in [9.17, 15) is 4.79 Å². The number of H-pyrrole nitrogens is 1. The molecule has 0 aromatic carbocycles. The van der Waals surface area contributed by atoms with Crippen molar-refractivity contribution < 1.29 is 4.79 Å². The normalized spacial score (nSPS) is 10.8. The number of carbonyl (C=O) groups excluding carboxylic acids is 1. The van der Waals surface area contributed by atoms with Crippen LogP contribution in [0.5, 0.6) is 0 Å². The lowest BCUT2D eigenvalue weighted by atomic mass is 10.1. The van der Waals surface area contributed by atoms with Gasteiger partial charge in [-0.2, -0.15) is 5.10 Å². The maximum Gasteiger partial charge on any atom is 0.276 e. The molecule has 0 aliphatic rings. The van der Waals surface area contributed by atoms with Gasteiger partial charge in [-0.15, -0.1) is 0 Å². The number of hydrogen-bond donors (Lipinski definition) is 2. The first-order valence-electron chi connectivity index (χ1n) is 6.48. The topological polar surface area (TPSA) is 87.9 Å². The maximum atomic E-state index is 12.3. The molecule has 0 radical (unpaired) electrons. The van der Waals surface area contributed by atoms with E-state index >= 15 is 0 Å². The second-order valence-electron chi connectivity index (χ2n) is 5.08. The van der Waals surface area contributed by atoms with E-state index in [-0.39, 0.29) is 17.5 Å². The van der Waals surface area contributed by atoms with Gasteiger partial charge in [-0.1, -0.05) is 19.9 Å². The van der Waals surface area contributed by atoms with Gasteiger partial charge in [-0.25, -0.2) is 0 Å². The maximum absolute atomic E-state index is 12.3. The highest BCUT2D eigenvalue weighted by Crippen LogP contribution is 2.23. The highest BCUT2D eigenvalue weighted by Gasteiger charge is 2.21. The predicted molar refractivity (Wildman–Crippen MR) is 77.1 cm³/mol. The standard InChI is InChI=1S/C14H19N5O/c1-9(2)12-11(15)13(18-17-12)14(20)19(3)8-10-5-4-6-16-7-10/h4-7,9H,8,15H2,1-3H3,(H,17,18). The molecule has 106 valence electrons. The van der Waals surface area contributed by atoms with Crippen LogP contribution in [0.4, 0.5) is 5.69 Å². The Morgan fingerprint density at radius 3 is 2.80 bits per heavy atom. The number of nitrogens with one attached hydrogen (secondary N) is 1. The molecule has 20 heavy (non-hydrogen) atoms. The van der Waals surface area contributed by atoms with Crippen LogP contribution < -0.4 is 5.73 Å². The molecule has 6 heteroatoms. The van der Waals surface area contributed by atoms with Crippen molar-refractivity contribution in [3.63, 3.8) is 0 Å². The second kappa shape index (κ2) is 5.73. The van der Waals surface area contributed by atoms with Crippen LogP contribution in [0.2, 0.25) is 0 Å².